The molecule has 0 aromatic heterocycles. The maximum Gasteiger partial charge on any atom is 0.420 e. The van der Waals surface area contributed by atoms with Crippen LogP contribution in [0.25, 0.3) is 0 Å². The van der Waals surface area contributed by atoms with E-state index in [-0.39, 0.29) is 6.42 Å². The first-order valence-electron chi connectivity index (χ1n) is 13.3. The molecule has 0 radical (unpaired) electrons. The fourth-order valence-corrected chi connectivity index (χ4v) is 8.86. The van der Waals surface area contributed by atoms with E-state index in [2.05, 4.69) is 36.4 Å². The summed E-state index contributed by atoms with van der Waals surface area (Å²) < 4.78 is 11.0. The number of hydrogen-bond acceptors (Lipinski definition) is 5. The second-order valence-corrected chi connectivity index (χ2v) is 15.1. The van der Waals surface area contributed by atoms with Gasteiger partial charge < -0.3 is 14.6 Å². The monoisotopic (exact) mass is 564 g/mol. The zero-order valence-electron chi connectivity index (χ0n) is 24.0. The highest BCUT2D eigenvalue weighted by Crippen LogP contribution is 2.56. The Morgan fingerprint density at radius 2 is 1.00 bits per heavy atom. The van der Waals surface area contributed by atoms with Gasteiger partial charge in [-0.15, -0.1) is 0 Å². The minimum atomic E-state index is -2.42. The van der Waals surface area contributed by atoms with Crippen molar-refractivity contribution in [3.8, 4) is 0 Å². The fourth-order valence-electron chi connectivity index (χ4n) is 4.51. The largest absolute Gasteiger partial charge is 0.480 e. The van der Waals surface area contributed by atoms with Crippen molar-refractivity contribution >= 4 is 41.3 Å². The van der Waals surface area contributed by atoms with Crippen molar-refractivity contribution in [2.75, 3.05) is 6.16 Å². The Balaban J connectivity index is 2.15. The number of carbonyl (C=O) groups is 3. The Hall–Kier alpha value is -3.70. The molecule has 3 aromatic carbocycles. The standard InChI is InChI=1S/C32H38NO6P/c1-31(2,3)38-29(36)33(30(37)39-32(4,5)6)27(28(34)35)22-23-40(24-16-10-7-11-17-24,25-18-12-8-13-19-25)26-20-14-9-15-21-26/h7-21,27H,22-23H2,1-6H3/p+1. The molecule has 0 bridgehead atoms. The third-order valence-electron chi connectivity index (χ3n) is 6.11. The van der Waals surface area contributed by atoms with Gasteiger partial charge >= 0.3 is 18.2 Å². The molecule has 0 fully saturated rings. The van der Waals surface area contributed by atoms with Crippen molar-refractivity contribution < 1.29 is 29.0 Å². The van der Waals surface area contributed by atoms with Crippen molar-refractivity contribution in [2.24, 2.45) is 0 Å². The number of benzene rings is 3. The molecule has 1 N–H and O–H groups in total. The molecular weight excluding hydrogens is 525 g/mol. The molecule has 8 heteroatoms. The maximum absolute atomic E-state index is 13.3. The molecule has 0 heterocycles. The number of hydrogen-bond donors (Lipinski definition) is 1. The third-order valence-corrected chi connectivity index (χ3v) is 10.6. The quantitative estimate of drug-likeness (QED) is 0.338. The lowest BCUT2D eigenvalue weighted by atomic mass is 10.2. The zero-order chi connectivity index (χ0) is 29.6. The molecule has 0 saturated heterocycles. The molecule has 3 rings (SSSR count). The summed E-state index contributed by atoms with van der Waals surface area (Å²) in [6.07, 6.45) is -1.75. The molecule has 0 aliphatic rings. The van der Waals surface area contributed by atoms with Crippen LogP contribution in [-0.4, -0.2) is 51.6 Å². The summed E-state index contributed by atoms with van der Waals surface area (Å²) in [6, 6.07) is 28.5. The summed E-state index contributed by atoms with van der Waals surface area (Å²) in [4.78, 5) is 40.0. The van der Waals surface area contributed by atoms with Gasteiger partial charge in [-0.1, -0.05) is 54.6 Å². The van der Waals surface area contributed by atoms with Crippen molar-refractivity contribution in [3.05, 3.63) is 91.0 Å². The lowest BCUT2D eigenvalue weighted by Crippen LogP contribution is -2.52. The number of amides is 2. The Kier molecular flexibility index (Phi) is 9.75. The minimum Gasteiger partial charge on any atom is -0.480 e. The van der Waals surface area contributed by atoms with Crippen LogP contribution in [0.15, 0.2) is 91.0 Å². The number of carboxylic acid groups (broad SMARTS) is 1. The van der Waals surface area contributed by atoms with Gasteiger partial charge in [-0.2, -0.15) is 4.90 Å². The highest BCUT2D eigenvalue weighted by molar-refractivity contribution is 7.95. The first kappa shape index (κ1) is 30.8. The smallest absolute Gasteiger partial charge is 0.420 e. The van der Waals surface area contributed by atoms with Gasteiger partial charge in [0.2, 0.25) is 0 Å². The molecule has 2 amide bonds. The van der Waals surface area contributed by atoms with Gasteiger partial charge in [-0.25, -0.2) is 14.4 Å². The van der Waals surface area contributed by atoms with Crippen LogP contribution in [0.3, 0.4) is 0 Å². The Labute approximate surface area is 237 Å². The van der Waals surface area contributed by atoms with E-state index in [4.69, 9.17) is 9.47 Å². The van der Waals surface area contributed by atoms with E-state index >= 15 is 0 Å². The van der Waals surface area contributed by atoms with Crippen LogP contribution in [0.2, 0.25) is 0 Å². The summed E-state index contributed by atoms with van der Waals surface area (Å²) >= 11 is 0. The van der Waals surface area contributed by atoms with E-state index in [1.54, 1.807) is 41.5 Å². The summed E-state index contributed by atoms with van der Waals surface area (Å²) in [5.74, 6) is -1.32. The second kappa shape index (κ2) is 12.6. The average Bonchev–Trinajstić information content (AvgIpc) is 2.88. The number of aliphatic carboxylic acids is 1. The average molecular weight is 565 g/mol. The summed E-state index contributed by atoms with van der Waals surface area (Å²) in [5, 5.41) is 13.6. The predicted molar refractivity (Wildman–Crippen MR) is 160 cm³/mol. The number of nitrogens with zero attached hydrogens (tertiary/aromatic N) is 1. The maximum atomic E-state index is 13.3. The molecule has 40 heavy (non-hydrogen) atoms. The van der Waals surface area contributed by atoms with Crippen molar-refractivity contribution in [1.82, 2.24) is 4.90 Å². The molecule has 0 spiro atoms. The minimum absolute atomic E-state index is 0.0136. The van der Waals surface area contributed by atoms with Crippen LogP contribution in [0.1, 0.15) is 48.0 Å². The Morgan fingerprint density at radius 1 is 0.675 bits per heavy atom. The lowest BCUT2D eigenvalue weighted by molar-refractivity contribution is -0.143. The second-order valence-electron chi connectivity index (χ2n) is 11.5. The van der Waals surface area contributed by atoms with Crippen LogP contribution in [0.4, 0.5) is 9.59 Å². The first-order valence-corrected chi connectivity index (χ1v) is 15.2. The predicted octanol–water partition coefficient (Wildman–Crippen LogP) is 6.00. The van der Waals surface area contributed by atoms with Crippen molar-refractivity contribution in [2.45, 2.75) is 65.2 Å². The van der Waals surface area contributed by atoms with E-state index in [0.29, 0.717) is 11.1 Å². The van der Waals surface area contributed by atoms with E-state index in [0.717, 1.165) is 15.9 Å². The molecular formula is C32H39NO6P+. The summed E-state index contributed by atoms with van der Waals surface area (Å²) in [6.45, 7) is 9.94. The van der Waals surface area contributed by atoms with Crippen LogP contribution in [0, 0.1) is 0 Å². The molecule has 0 saturated carbocycles. The van der Waals surface area contributed by atoms with Crippen LogP contribution in [0.5, 0.6) is 0 Å². The van der Waals surface area contributed by atoms with Gasteiger partial charge in [0, 0.05) is 6.42 Å². The van der Waals surface area contributed by atoms with Gasteiger partial charge in [-0.05, 0) is 77.9 Å². The van der Waals surface area contributed by atoms with Gasteiger partial charge in [0.1, 0.15) is 40.4 Å². The van der Waals surface area contributed by atoms with Crippen LogP contribution < -0.4 is 15.9 Å². The lowest BCUT2D eigenvalue weighted by Gasteiger charge is -2.33. The van der Waals surface area contributed by atoms with Crippen molar-refractivity contribution in [3.63, 3.8) is 0 Å². The van der Waals surface area contributed by atoms with Gasteiger partial charge in [0.25, 0.3) is 0 Å². The molecule has 212 valence electrons. The number of rotatable bonds is 8. The molecule has 1 unspecified atom stereocenters. The molecule has 0 aliphatic carbocycles. The number of carboxylic acids is 1. The van der Waals surface area contributed by atoms with E-state index in [1.165, 1.54) is 0 Å². The van der Waals surface area contributed by atoms with Gasteiger partial charge in [0.15, 0.2) is 0 Å². The fraction of sp³-hybridized carbons (Fsp3) is 0.344. The topological polar surface area (TPSA) is 93.1 Å². The SMILES string of the molecule is CC(C)(C)OC(=O)N(C(=O)OC(C)(C)C)C(CC[P+](c1ccccc1)(c1ccccc1)c1ccccc1)C(=O)O. The summed E-state index contributed by atoms with van der Waals surface area (Å²) in [7, 11) is -2.42. The first-order chi connectivity index (χ1) is 18.7. The molecule has 3 aromatic rings. The molecule has 7 nitrogen and oxygen atoms in total. The zero-order valence-corrected chi connectivity index (χ0v) is 24.9. The van der Waals surface area contributed by atoms with Crippen LogP contribution >= 0.6 is 7.26 Å². The molecule has 0 aliphatic heterocycles. The van der Waals surface area contributed by atoms with E-state index < -0.39 is 42.7 Å². The highest BCUT2D eigenvalue weighted by Gasteiger charge is 2.48. The summed E-state index contributed by atoms with van der Waals surface area (Å²) in [5.41, 5.74) is -1.90. The number of carbonyl (C=O) groups excluding carboxylic acids is 2. The third kappa shape index (κ3) is 7.70. The number of imide groups is 1. The van der Waals surface area contributed by atoms with Crippen LogP contribution in [-0.2, 0) is 14.3 Å². The Morgan fingerprint density at radius 3 is 1.27 bits per heavy atom. The van der Waals surface area contributed by atoms with E-state index in [9.17, 15) is 19.5 Å². The van der Waals surface area contributed by atoms with Gasteiger partial charge in [0.05, 0.1) is 6.16 Å². The van der Waals surface area contributed by atoms with Gasteiger partial charge in [-0.3, -0.25) is 0 Å². The van der Waals surface area contributed by atoms with Crippen molar-refractivity contribution in [1.29, 1.82) is 0 Å². The molecule has 1 atom stereocenters. The highest BCUT2D eigenvalue weighted by atomic mass is 31.2. The Bertz CT molecular complexity index is 1160. The number of ether oxygens (including phenoxy) is 2. The normalized spacial score (nSPS) is 12.8. The van der Waals surface area contributed by atoms with E-state index in [1.807, 2.05) is 54.6 Å².